The van der Waals surface area contributed by atoms with E-state index in [1.54, 1.807) is 23.1 Å². The summed E-state index contributed by atoms with van der Waals surface area (Å²) < 4.78 is 5.91. The number of rotatable bonds is 4. The summed E-state index contributed by atoms with van der Waals surface area (Å²) in [6, 6.07) is 14.8. The molecule has 2 aromatic rings. The van der Waals surface area contributed by atoms with E-state index in [1.165, 1.54) is 0 Å². The molecule has 3 rings (SSSR count). The molecule has 0 saturated carbocycles. The second-order valence-corrected chi connectivity index (χ2v) is 6.29. The number of aromatic hydroxyl groups is 1. The SMILES string of the molecule is CC(C)CN1C(=O)C(Cc2ccccc2)Oc2ccc(O)cc21. The van der Waals surface area contributed by atoms with Gasteiger partial charge in [-0.1, -0.05) is 44.2 Å². The van der Waals surface area contributed by atoms with E-state index in [0.717, 1.165) is 5.56 Å². The molecule has 0 aliphatic carbocycles. The fraction of sp³-hybridized carbons (Fsp3) is 0.316. The van der Waals surface area contributed by atoms with Crippen LogP contribution in [0.2, 0.25) is 0 Å². The molecule has 2 aromatic carbocycles. The van der Waals surface area contributed by atoms with Crippen molar-refractivity contribution >= 4 is 11.6 Å². The Hall–Kier alpha value is -2.49. The lowest BCUT2D eigenvalue weighted by Gasteiger charge is -2.35. The van der Waals surface area contributed by atoms with Crippen LogP contribution in [0.4, 0.5) is 5.69 Å². The van der Waals surface area contributed by atoms with Gasteiger partial charge in [-0.25, -0.2) is 0 Å². The van der Waals surface area contributed by atoms with E-state index in [-0.39, 0.29) is 11.7 Å². The minimum absolute atomic E-state index is 0.0550. The average Bonchev–Trinajstić information content (AvgIpc) is 2.53. The summed E-state index contributed by atoms with van der Waals surface area (Å²) in [5, 5.41) is 9.73. The van der Waals surface area contributed by atoms with Gasteiger partial charge in [0.05, 0.1) is 5.69 Å². The molecule has 120 valence electrons. The van der Waals surface area contributed by atoms with Crippen molar-refractivity contribution in [1.29, 1.82) is 0 Å². The molecular formula is C19H21NO3. The van der Waals surface area contributed by atoms with Crippen LogP contribution in [-0.4, -0.2) is 23.7 Å². The number of benzene rings is 2. The molecule has 0 spiro atoms. The van der Waals surface area contributed by atoms with E-state index in [1.807, 2.05) is 30.3 Å². The smallest absolute Gasteiger partial charge is 0.268 e. The van der Waals surface area contributed by atoms with Crippen molar-refractivity contribution in [3.05, 3.63) is 54.1 Å². The number of hydrogen-bond acceptors (Lipinski definition) is 3. The molecule has 1 N–H and O–H groups in total. The van der Waals surface area contributed by atoms with Crippen LogP contribution < -0.4 is 9.64 Å². The molecule has 0 bridgehead atoms. The van der Waals surface area contributed by atoms with Crippen molar-refractivity contribution in [3.8, 4) is 11.5 Å². The number of anilines is 1. The summed E-state index contributed by atoms with van der Waals surface area (Å²) >= 11 is 0. The second-order valence-electron chi connectivity index (χ2n) is 6.29. The van der Waals surface area contributed by atoms with Crippen LogP contribution in [0.3, 0.4) is 0 Å². The van der Waals surface area contributed by atoms with Gasteiger partial charge in [-0.3, -0.25) is 4.79 Å². The fourth-order valence-corrected chi connectivity index (χ4v) is 2.82. The lowest BCUT2D eigenvalue weighted by Crippen LogP contribution is -2.48. The predicted octanol–water partition coefficient (Wildman–Crippen LogP) is 3.38. The van der Waals surface area contributed by atoms with Crippen LogP contribution in [0.1, 0.15) is 19.4 Å². The Balaban J connectivity index is 1.92. The number of ether oxygens (including phenoxy) is 1. The first-order valence-corrected chi connectivity index (χ1v) is 7.89. The van der Waals surface area contributed by atoms with Crippen LogP contribution >= 0.6 is 0 Å². The van der Waals surface area contributed by atoms with Crippen LogP contribution in [0.5, 0.6) is 11.5 Å². The predicted molar refractivity (Wildman–Crippen MR) is 89.9 cm³/mol. The molecular weight excluding hydrogens is 290 g/mol. The molecule has 0 radical (unpaired) electrons. The third kappa shape index (κ3) is 3.31. The van der Waals surface area contributed by atoms with E-state index in [9.17, 15) is 9.90 Å². The third-order valence-corrected chi connectivity index (χ3v) is 3.86. The Labute approximate surface area is 136 Å². The van der Waals surface area contributed by atoms with Crippen LogP contribution in [0.25, 0.3) is 0 Å². The highest BCUT2D eigenvalue weighted by Crippen LogP contribution is 2.37. The third-order valence-electron chi connectivity index (χ3n) is 3.86. The summed E-state index contributed by atoms with van der Waals surface area (Å²) in [6.45, 7) is 4.73. The highest BCUT2D eigenvalue weighted by Gasteiger charge is 2.34. The van der Waals surface area contributed by atoms with Crippen LogP contribution in [0, 0.1) is 5.92 Å². The lowest BCUT2D eigenvalue weighted by molar-refractivity contribution is -0.126. The highest BCUT2D eigenvalue weighted by molar-refractivity contribution is 6.00. The minimum Gasteiger partial charge on any atom is -0.508 e. The van der Waals surface area contributed by atoms with E-state index >= 15 is 0 Å². The zero-order chi connectivity index (χ0) is 16.4. The maximum absolute atomic E-state index is 12.9. The molecule has 1 aliphatic heterocycles. The van der Waals surface area contributed by atoms with Gasteiger partial charge < -0.3 is 14.7 Å². The molecule has 4 heteroatoms. The van der Waals surface area contributed by atoms with Gasteiger partial charge in [-0.15, -0.1) is 0 Å². The van der Waals surface area contributed by atoms with Crippen molar-refractivity contribution in [3.63, 3.8) is 0 Å². The monoisotopic (exact) mass is 311 g/mol. The number of phenolic OH excluding ortho intramolecular Hbond substituents is 1. The first-order valence-electron chi connectivity index (χ1n) is 7.89. The molecule has 1 atom stereocenters. The number of nitrogens with zero attached hydrogens (tertiary/aromatic N) is 1. The zero-order valence-corrected chi connectivity index (χ0v) is 13.4. The van der Waals surface area contributed by atoms with Gasteiger partial charge in [0.25, 0.3) is 5.91 Å². The minimum atomic E-state index is -0.534. The van der Waals surface area contributed by atoms with E-state index in [4.69, 9.17) is 4.74 Å². The number of hydrogen-bond donors (Lipinski definition) is 1. The summed E-state index contributed by atoms with van der Waals surface area (Å²) in [4.78, 5) is 14.6. The Morgan fingerprint density at radius 2 is 1.91 bits per heavy atom. The van der Waals surface area contributed by atoms with Gasteiger partial charge in [0.15, 0.2) is 6.10 Å². The number of carbonyl (C=O) groups excluding carboxylic acids is 1. The summed E-state index contributed by atoms with van der Waals surface area (Å²) in [7, 11) is 0. The molecule has 0 fully saturated rings. The molecule has 23 heavy (non-hydrogen) atoms. The van der Waals surface area contributed by atoms with Crippen molar-refractivity contribution in [2.24, 2.45) is 5.92 Å². The highest BCUT2D eigenvalue weighted by atomic mass is 16.5. The quantitative estimate of drug-likeness (QED) is 0.941. The Morgan fingerprint density at radius 1 is 1.17 bits per heavy atom. The standard InChI is InChI=1S/C19H21NO3/c1-13(2)12-20-16-11-15(21)8-9-17(16)23-18(19(20)22)10-14-6-4-3-5-7-14/h3-9,11,13,18,21H,10,12H2,1-2H3. The molecule has 4 nitrogen and oxygen atoms in total. The topological polar surface area (TPSA) is 49.8 Å². The second kappa shape index (κ2) is 6.32. The van der Waals surface area contributed by atoms with Crippen molar-refractivity contribution in [2.45, 2.75) is 26.4 Å². The maximum Gasteiger partial charge on any atom is 0.268 e. The van der Waals surface area contributed by atoms with Crippen molar-refractivity contribution < 1.29 is 14.6 Å². The Bertz CT molecular complexity index is 697. The van der Waals surface area contributed by atoms with Crippen molar-refractivity contribution in [1.82, 2.24) is 0 Å². The largest absolute Gasteiger partial charge is 0.508 e. The van der Waals surface area contributed by atoms with E-state index < -0.39 is 6.10 Å². The fourth-order valence-electron chi connectivity index (χ4n) is 2.82. The number of phenols is 1. The first-order chi connectivity index (χ1) is 11.0. The Kier molecular flexibility index (Phi) is 4.24. The van der Waals surface area contributed by atoms with Gasteiger partial charge in [0.1, 0.15) is 11.5 Å². The van der Waals surface area contributed by atoms with Crippen LogP contribution in [0.15, 0.2) is 48.5 Å². The normalized spacial score (nSPS) is 17.1. The first kappa shape index (κ1) is 15.4. The van der Waals surface area contributed by atoms with Gasteiger partial charge in [-0.2, -0.15) is 0 Å². The number of fused-ring (bicyclic) bond motifs is 1. The van der Waals surface area contributed by atoms with Gasteiger partial charge in [-0.05, 0) is 23.6 Å². The zero-order valence-electron chi connectivity index (χ0n) is 13.4. The van der Waals surface area contributed by atoms with Gasteiger partial charge >= 0.3 is 0 Å². The summed E-state index contributed by atoms with van der Waals surface area (Å²) in [5.74, 6) is 1.05. The number of amides is 1. The Morgan fingerprint density at radius 3 is 2.61 bits per heavy atom. The average molecular weight is 311 g/mol. The van der Waals surface area contributed by atoms with Gasteiger partial charge in [0, 0.05) is 19.0 Å². The van der Waals surface area contributed by atoms with E-state index in [0.29, 0.717) is 30.3 Å². The maximum atomic E-state index is 12.9. The summed E-state index contributed by atoms with van der Waals surface area (Å²) in [5.41, 5.74) is 1.71. The molecule has 1 heterocycles. The molecule has 0 saturated heterocycles. The molecule has 0 aromatic heterocycles. The van der Waals surface area contributed by atoms with Gasteiger partial charge in [0.2, 0.25) is 0 Å². The molecule has 1 aliphatic rings. The number of carbonyl (C=O) groups is 1. The lowest BCUT2D eigenvalue weighted by atomic mass is 10.0. The molecule has 1 amide bonds. The van der Waals surface area contributed by atoms with Crippen molar-refractivity contribution in [2.75, 3.05) is 11.4 Å². The molecule has 1 unspecified atom stereocenters. The van der Waals surface area contributed by atoms with Crippen LogP contribution in [-0.2, 0) is 11.2 Å². The van der Waals surface area contributed by atoms with E-state index in [2.05, 4.69) is 13.8 Å². The summed E-state index contributed by atoms with van der Waals surface area (Å²) in [6.07, 6.45) is 0.00221.